The largest absolute Gasteiger partial charge is 0.497 e. The maximum absolute atomic E-state index is 12.4. The molecule has 0 saturated carbocycles. The summed E-state index contributed by atoms with van der Waals surface area (Å²) in [5.41, 5.74) is 1.84. The predicted molar refractivity (Wildman–Crippen MR) is 90.7 cm³/mol. The van der Waals surface area contributed by atoms with Crippen LogP contribution in [-0.4, -0.2) is 26.1 Å². The molecule has 2 aromatic rings. The lowest BCUT2D eigenvalue weighted by molar-refractivity contribution is 0.0601. The molecule has 0 aliphatic heterocycles. The van der Waals surface area contributed by atoms with Gasteiger partial charge in [0.2, 0.25) is 0 Å². The van der Waals surface area contributed by atoms with E-state index < -0.39 is 5.97 Å². The van der Waals surface area contributed by atoms with Crippen molar-refractivity contribution in [3.05, 3.63) is 45.8 Å². The topological polar surface area (TPSA) is 64.6 Å². The van der Waals surface area contributed by atoms with Crippen molar-refractivity contribution >= 4 is 28.2 Å². The number of ether oxygens (including phenoxy) is 2. The van der Waals surface area contributed by atoms with Gasteiger partial charge in [0.1, 0.15) is 10.8 Å². The van der Waals surface area contributed by atoms with Gasteiger partial charge in [0.25, 0.3) is 5.91 Å². The van der Waals surface area contributed by atoms with Crippen molar-refractivity contribution in [3.8, 4) is 5.75 Å². The van der Waals surface area contributed by atoms with Crippen LogP contribution in [0.2, 0.25) is 0 Å². The number of aryl methyl sites for hydroxylation is 1. The molecule has 23 heavy (non-hydrogen) atoms. The minimum atomic E-state index is -0.434. The molecule has 0 aliphatic rings. The van der Waals surface area contributed by atoms with E-state index in [0.29, 0.717) is 28.3 Å². The van der Waals surface area contributed by atoms with Gasteiger partial charge in [-0.2, -0.15) is 0 Å². The van der Waals surface area contributed by atoms with E-state index in [1.54, 1.807) is 31.4 Å². The van der Waals surface area contributed by atoms with Gasteiger partial charge in [0, 0.05) is 10.4 Å². The van der Waals surface area contributed by atoms with Crippen molar-refractivity contribution in [1.82, 2.24) is 0 Å². The number of carbonyl (C=O) groups excluding carboxylic acids is 2. The zero-order valence-electron chi connectivity index (χ0n) is 13.6. The summed E-state index contributed by atoms with van der Waals surface area (Å²) in [6.45, 7) is 3.90. The number of carbonyl (C=O) groups is 2. The van der Waals surface area contributed by atoms with Crippen LogP contribution in [-0.2, 0) is 11.2 Å². The molecule has 1 aromatic carbocycles. The average Bonchev–Trinajstić information content (AvgIpc) is 2.89. The molecule has 0 saturated heterocycles. The normalized spacial score (nSPS) is 10.3. The second-order valence-corrected chi connectivity index (χ2v) is 6.09. The monoisotopic (exact) mass is 333 g/mol. The van der Waals surface area contributed by atoms with Gasteiger partial charge in [0.15, 0.2) is 0 Å². The van der Waals surface area contributed by atoms with Crippen LogP contribution < -0.4 is 10.1 Å². The molecule has 0 fully saturated rings. The zero-order chi connectivity index (χ0) is 17.0. The van der Waals surface area contributed by atoms with Gasteiger partial charge in [0.05, 0.1) is 19.8 Å². The summed E-state index contributed by atoms with van der Waals surface area (Å²) in [7, 11) is 2.91. The lowest BCUT2D eigenvalue weighted by Crippen LogP contribution is -2.14. The van der Waals surface area contributed by atoms with Crippen LogP contribution in [0, 0.1) is 6.92 Å². The lowest BCUT2D eigenvalue weighted by Gasteiger charge is -2.07. The third-order valence-electron chi connectivity index (χ3n) is 3.53. The van der Waals surface area contributed by atoms with E-state index in [0.717, 1.165) is 10.4 Å². The fourth-order valence-electron chi connectivity index (χ4n) is 2.33. The van der Waals surface area contributed by atoms with Gasteiger partial charge in [-0.25, -0.2) is 4.79 Å². The molecule has 0 aliphatic carbocycles. The number of nitrogens with one attached hydrogen (secondary N) is 1. The van der Waals surface area contributed by atoms with E-state index in [1.165, 1.54) is 18.4 Å². The summed E-state index contributed by atoms with van der Waals surface area (Å²) >= 11 is 1.38. The first-order valence-electron chi connectivity index (χ1n) is 7.17. The van der Waals surface area contributed by atoms with Gasteiger partial charge < -0.3 is 14.8 Å². The quantitative estimate of drug-likeness (QED) is 0.848. The molecule has 0 radical (unpaired) electrons. The number of amides is 1. The Bertz CT molecular complexity index is 719. The fourth-order valence-corrected chi connectivity index (χ4v) is 3.46. The molecule has 0 bridgehead atoms. The number of thiophene rings is 1. The molecule has 1 heterocycles. The van der Waals surface area contributed by atoms with Crippen LogP contribution in [0.15, 0.2) is 24.3 Å². The van der Waals surface area contributed by atoms with Crippen LogP contribution in [0.5, 0.6) is 5.75 Å². The summed E-state index contributed by atoms with van der Waals surface area (Å²) in [6, 6.07) is 6.78. The van der Waals surface area contributed by atoms with Gasteiger partial charge >= 0.3 is 5.97 Å². The van der Waals surface area contributed by atoms with Crippen molar-refractivity contribution in [3.63, 3.8) is 0 Å². The van der Waals surface area contributed by atoms with E-state index in [4.69, 9.17) is 9.47 Å². The zero-order valence-corrected chi connectivity index (χ0v) is 14.4. The average molecular weight is 333 g/mol. The maximum Gasteiger partial charge on any atom is 0.341 e. The Hall–Kier alpha value is -2.34. The highest BCUT2D eigenvalue weighted by Gasteiger charge is 2.23. The van der Waals surface area contributed by atoms with Crippen LogP contribution in [0.1, 0.15) is 38.1 Å². The summed E-state index contributed by atoms with van der Waals surface area (Å²) in [4.78, 5) is 25.4. The summed E-state index contributed by atoms with van der Waals surface area (Å²) in [6.07, 6.45) is 0.700. The number of rotatable bonds is 5. The number of hydrogen-bond donors (Lipinski definition) is 1. The Morgan fingerprint density at radius 1 is 1.17 bits per heavy atom. The fraction of sp³-hybridized carbons (Fsp3) is 0.294. The van der Waals surface area contributed by atoms with Crippen molar-refractivity contribution in [1.29, 1.82) is 0 Å². The molecule has 1 N–H and O–H groups in total. The number of anilines is 1. The van der Waals surface area contributed by atoms with E-state index in [9.17, 15) is 9.59 Å². The van der Waals surface area contributed by atoms with Crippen molar-refractivity contribution in [2.24, 2.45) is 0 Å². The molecule has 2 rings (SSSR count). The van der Waals surface area contributed by atoms with Crippen LogP contribution in [0.3, 0.4) is 0 Å². The molecule has 0 atom stereocenters. The maximum atomic E-state index is 12.4. The molecule has 0 spiro atoms. The van der Waals surface area contributed by atoms with E-state index in [1.807, 2.05) is 13.8 Å². The summed E-state index contributed by atoms with van der Waals surface area (Å²) < 4.78 is 9.93. The number of methoxy groups -OCH3 is 2. The standard InChI is InChI=1S/C17H19NO4S/c1-5-13-10(2)23-16(14(13)17(20)22-4)18-15(19)11-6-8-12(21-3)9-7-11/h6-9H,5H2,1-4H3,(H,18,19). The Balaban J connectivity index is 2.31. The van der Waals surface area contributed by atoms with E-state index in [-0.39, 0.29) is 5.91 Å². The third kappa shape index (κ3) is 3.53. The second kappa shape index (κ2) is 7.28. The minimum Gasteiger partial charge on any atom is -0.497 e. The minimum absolute atomic E-state index is 0.276. The number of hydrogen-bond acceptors (Lipinski definition) is 5. The highest BCUT2D eigenvalue weighted by Crippen LogP contribution is 2.34. The molecule has 5 nitrogen and oxygen atoms in total. The SMILES string of the molecule is CCc1c(C)sc(NC(=O)c2ccc(OC)cc2)c1C(=O)OC. The molecule has 1 aromatic heterocycles. The van der Waals surface area contributed by atoms with Crippen LogP contribution in [0.25, 0.3) is 0 Å². The van der Waals surface area contributed by atoms with E-state index >= 15 is 0 Å². The van der Waals surface area contributed by atoms with Crippen molar-refractivity contribution in [2.45, 2.75) is 20.3 Å². The number of esters is 1. The van der Waals surface area contributed by atoms with Crippen LogP contribution in [0.4, 0.5) is 5.00 Å². The molecule has 0 unspecified atom stereocenters. The Kier molecular flexibility index (Phi) is 5.39. The van der Waals surface area contributed by atoms with Crippen molar-refractivity contribution < 1.29 is 19.1 Å². The summed E-state index contributed by atoms with van der Waals surface area (Å²) in [5, 5.41) is 3.33. The van der Waals surface area contributed by atoms with Crippen molar-refractivity contribution in [2.75, 3.05) is 19.5 Å². The van der Waals surface area contributed by atoms with Gasteiger partial charge in [-0.3, -0.25) is 4.79 Å². The molecule has 1 amide bonds. The third-order valence-corrected chi connectivity index (χ3v) is 4.59. The Morgan fingerprint density at radius 3 is 2.35 bits per heavy atom. The highest BCUT2D eigenvalue weighted by molar-refractivity contribution is 7.16. The lowest BCUT2D eigenvalue weighted by atomic mass is 10.1. The predicted octanol–water partition coefficient (Wildman–Crippen LogP) is 3.67. The first kappa shape index (κ1) is 17.0. The van der Waals surface area contributed by atoms with E-state index in [2.05, 4.69) is 5.32 Å². The van der Waals surface area contributed by atoms with Crippen LogP contribution >= 0.6 is 11.3 Å². The molecular formula is C17H19NO4S. The molecular weight excluding hydrogens is 314 g/mol. The van der Waals surface area contributed by atoms with Gasteiger partial charge in [-0.15, -0.1) is 11.3 Å². The van der Waals surface area contributed by atoms with Gasteiger partial charge in [-0.05, 0) is 43.2 Å². The van der Waals surface area contributed by atoms with Gasteiger partial charge in [-0.1, -0.05) is 6.92 Å². The Labute approximate surface area is 139 Å². The smallest absolute Gasteiger partial charge is 0.341 e. The first-order valence-corrected chi connectivity index (χ1v) is 7.99. The molecule has 6 heteroatoms. The molecule has 122 valence electrons. The highest BCUT2D eigenvalue weighted by atomic mass is 32.1. The summed E-state index contributed by atoms with van der Waals surface area (Å²) in [5.74, 6) is -0.0324. The number of benzene rings is 1. The second-order valence-electron chi connectivity index (χ2n) is 4.87. The first-order chi connectivity index (χ1) is 11.0. The Morgan fingerprint density at radius 2 is 1.83 bits per heavy atom.